The van der Waals surface area contributed by atoms with Crippen LogP contribution in [0, 0.1) is 20.8 Å². The Labute approximate surface area is 176 Å². The Morgan fingerprint density at radius 2 is 1.86 bits per heavy atom. The van der Waals surface area contributed by atoms with E-state index in [4.69, 9.17) is 11.6 Å². The van der Waals surface area contributed by atoms with Gasteiger partial charge in [-0.15, -0.1) is 0 Å². The summed E-state index contributed by atoms with van der Waals surface area (Å²) < 4.78 is 4.57. The summed E-state index contributed by atoms with van der Waals surface area (Å²) in [4.78, 5) is 18.4. The molecule has 3 aromatic heterocycles. The maximum absolute atomic E-state index is 13.1. The first kappa shape index (κ1) is 18.2. The van der Waals surface area contributed by atoms with Gasteiger partial charge in [-0.1, -0.05) is 41.1 Å². The first-order chi connectivity index (χ1) is 13.9. The Balaban J connectivity index is 1.72. The van der Waals surface area contributed by atoms with Gasteiger partial charge in [0.05, 0.1) is 15.6 Å². The lowest BCUT2D eigenvalue weighted by Gasteiger charge is -2.13. The van der Waals surface area contributed by atoms with Gasteiger partial charge in [0.2, 0.25) is 0 Å². The quantitative estimate of drug-likeness (QED) is 0.411. The largest absolute Gasteiger partial charge is 0.318 e. The number of nitrogens with zero attached hydrogens (tertiary/aromatic N) is 3. The van der Waals surface area contributed by atoms with Gasteiger partial charge < -0.3 is 4.57 Å². The van der Waals surface area contributed by atoms with Crippen molar-refractivity contribution in [1.29, 1.82) is 0 Å². The maximum Gasteiger partial charge on any atom is 0.274 e. The maximum atomic E-state index is 13.1. The van der Waals surface area contributed by atoms with Gasteiger partial charge in [0.1, 0.15) is 0 Å². The van der Waals surface area contributed by atoms with Crippen molar-refractivity contribution in [2.45, 2.75) is 20.8 Å². The Bertz CT molecular complexity index is 1520. The molecule has 2 aromatic carbocycles. The van der Waals surface area contributed by atoms with E-state index in [1.54, 1.807) is 4.40 Å². The summed E-state index contributed by atoms with van der Waals surface area (Å²) in [5, 5.41) is 0.705. The predicted molar refractivity (Wildman–Crippen MR) is 121 cm³/mol. The second-order valence-corrected chi connectivity index (χ2v) is 8.67. The van der Waals surface area contributed by atoms with Crippen LogP contribution in [0.1, 0.15) is 22.5 Å². The van der Waals surface area contributed by atoms with Gasteiger partial charge in [0.15, 0.2) is 4.96 Å². The number of halogens is 1. The summed E-state index contributed by atoms with van der Waals surface area (Å²) in [7, 11) is 0. The summed E-state index contributed by atoms with van der Waals surface area (Å²) in [6, 6.07) is 15.7. The molecule has 0 radical (unpaired) electrons. The van der Waals surface area contributed by atoms with Crippen LogP contribution in [0.2, 0.25) is 5.02 Å². The average molecular weight is 420 g/mol. The van der Waals surface area contributed by atoms with Crippen molar-refractivity contribution in [1.82, 2.24) is 14.0 Å². The molecule has 0 aliphatic heterocycles. The van der Waals surface area contributed by atoms with Gasteiger partial charge in [0.25, 0.3) is 5.56 Å². The van der Waals surface area contributed by atoms with Gasteiger partial charge in [-0.25, -0.2) is 9.38 Å². The van der Waals surface area contributed by atoms with Crippen molar-refractivity contribution in [2.24, 2.45) is 0 Å². The van der Waals surface area contributed by atoms with E-state index >= 15 is 0 Å². The fourth-order valence-corrected chi connectivity index (χ4v) is 5.03. The highest BCUT2D eigenvalue weighted by Gasteiger charge is 2.14. The van der Waals surface area contributed by atoms with Gasteiger partial charge >= 0.3 is 0 Å². The normalized spacial score (nSPS) is 12.5. The highest BCUT2D eigenvalue weighted by Crippen LogP contribution is 2.26. The third-order valence-corrected chi connectivity index (χ3v) is 6.52. The molecule has 3 heterocycles. The van der Waals surface area contributed by atoms with Crippen LogP contribution >= 0.6 is 22.9 Å². The molecule has 0 fully saturated rings. The lowest BCUT2D eigenvalue weighted by Crippen LogP contribution is -2.22. The second kappa shape index (κ2) is 6.58. The number of para-hydroxylation sites is 2. The monoisotopic (exact) mass is 419 g/mol. The molecule has 5 rings (SSSR count). The van der Waals surface area contributed by atoms with Crippen molar-refractivity contribution in [2.75, 3.05) is 0 Å². The first-order valence-electron chi connectivity index (χ1n) is 9.31. The molecule has 0 bridgehead atoms. The summed E-state index contributed by atoms with van der Waals surface area (Å²) in [6.45, 7) is 6.21. The van der Waals surface area contributed by atoms with Crippen LogP contribution in [0.4, 0.5) is 0 Å². The van der Waals surface area contributed by atoms with Crippen LogP contribution in [-0.2, 0) is 0 Å². The van der Waals surface area contributed by atoms with E-state index in [0.29, 0.717) is 9.55 Å². The number of hydrogen-bond donors (Lipinski definition) is 0. The zero-order valence-electron chi connectivity index (χ0n) is 16.2. The third kappa shape index (κ3) is 2.81. The molecule has 0 aliphatic carbocycles. The fourth-order valence-electron chi connectivity index (χ4n) is 3.88. The lowest BCUT2D eigenvalue weighted by molar-refractivity contribution is 0.954. The van der Waals surface area contributed by atoms with E-state index in [-0.39, 0.29) is 5.56 Å². The highest BCUT2D eigenvalue weighted by molar-refractivity contribution is 7.15. The molecule has 4 nitrogen and oxygen atoms in total. The topological polar surface area (TPSA) is 39.3 Å². The van der Waals surface area contributed by atoms with Crippen LogP contribution in [0.3, 0.4) is 0 Å². The molecule has 6 heteroatoms. The zero-order valence-corrected chi connectivity index (χ0v) is 17.8. The third-order valence-electron chi connectivity index (χ3n) is 5.31. The average Bonchev–Trinajstić information content (AvgIpc) is 3.29. The van der Waals surface area contributed by atoms with E-state index in [9.17, 15) is 4.79 Å². The highest BCUT2D eigenvalue weighted by atomic mass is 35.5. The van der Waals surface area contributed by atoms with E-state index in [2.05, 4.69) is 36.4 Å². The molecule has 0 amide bonds. The zero-order chi connectivity index (χ0) is 20.3. The van der Waals surface area contributed by atoms with Gasteiger partial charge in [0, 0.05) is 22.1 Å². The Morgan fingerprint density at radius 1 is 1.07 bits per heavy atom. The van der Waals surface area contributed by atoms with E-state index < -0.39 is 0 Å². The van der Waals surface area contributed by atoms with Gasteiger partial charge in [-0.3, -0.25) is 4.79 Å². The Morgan fingerprint density at radius 3 is 2.69 bits per heavy atom. The van der Waals surface area contributed by atoms with Gasteiger partial charge in [-0.05, 0) is 68.3 Å². The van der Waals surface area contributed by atoms with E-state index in [1.807, 2.05) is 48.5 Å². The van der Waals surface area contributed by atoms with Crippen molar-refractivity contribution >= 4 is 45.0 Å². The predicted octanol–water partition coefficient (Wildman–Crippen LogP) is 4.83. The van der Waals surface area contributed by atoms with Crippen LogP contribution in [-0.4, -0.2) is 14.0 Å². The number of rotatable bonds is 2. The molecule has 0 atom stereocenters. The number of thiazole rings is 1. The second-order valence-electron chi connectivity index (χ2n) is 7.23. The number of benzene rings is 2. The minimum Gasteiger partial charge on any atom is -0.318 e. The molecular weight excluding hydrogens is 402 g/mol. The molecule has 0 spiro atoms. The van der Waals surface area contributed by atoms with Gasteiger partial charge in [-0.2, -0.15) is 0 Å². The molecule has 0 saturated heterocycles. The van der Waals surface area contributed by atoms with Crippen molar-refractivity contribution in [3.8, 4) is 5.69 Å². The van der Waals surface area contributed by atoms with Crippen LogP contribution in [0.25, 0.3) is 27.8 Å². The summed E-state index contributed by atoms with van der Waals surface area (Å²) >= 11 is 7.66. The van der Waals surface area contributed by atoms with Crippen LogP contribution < -0.4 is 10.1 Å². The molecule has 29 heavy (non-hydrogen) atoms. The minimum atomic E-state index is -0.0255. The Kier molecular flexibility index (Phi) is 4.12. The number of imidazole rings is 1. The number of aryl methyl sites for hydroxylation is 2. The smallest absolute Gasteiger partial charge is 0.274 e. The number of hydrogen-bond acceptors (Lipinski definition) is 3. The SMILES string of the molecule is Cc1ccc(Cl)cc1-n1c(C)cc(C=c2sc3nc4ccccc4n3c2=O)c1C. The number of aromatic nitrogens is 3. The Hall–Kier alpha value is -2.89. The van der Waals surface area contributed by atoms with Crippen molar-refractivity contribution in [3.05, 3.63) is 91.0 Å². The summed E-state index contributed by atoms with van der Waals surface area (Å²) in [6.07, 6.45) is 1.97. The first-order valence-corrected chi connectivity index (χ1v) is 10.5. The number of fused-ring (bicyclic) bond motifs is 3. The molecule has 0 unspecified atom stereocenters. The van der Waals surface area contributed by atoms with Crippen molar-refractivity contribution in [3.63, 3.8) is 0 Å². The molecular formula is C23H18ClN3OS. The molecule has 0 N–H and O–H groups in total. The van der Waals surface area contributed by atoms with E-state index in [0.717, 1.165) is 44.2 Å². The minimum absolute atomic E-state index is 0.0255. The van der Waals surface area contributed by atoms with E-state index in [1.165, 1.54) is 11.3 Å². The van der Waals surface area contributed by atoms with Crippen molar-refractivity contribution < 1.29 is 0 Å². The summed E-state index contributed by atoms with van der Waals surface area (Å²) in [5.74, 6) is 0. The summed E-state index contributed by atoms with van der Waals surface area (Å²) in [5.41, 5.74) is 7.06. The molecule has 5 aromatic rings. The lowest BCUT2D eigenvalue weighted by atomic mass is 10.2. The molecule has 144 valence electrons. The fraction of sp³-hybridized carbons (Fsp3) is 0.130. The standard InChI is InChI=1S/C23H18ClN3OS/c1-13-8-9-17(24)12-20(13)26-14(2)10-16(15(26)3)11-21-22(28)27-19-7-5-4-6-18(19)25-23(27)29-21/h4-12H,1-3H3. The molecule has 0 saturated carbocycles. The van der Waals surface area contributed by atoms with Crippen LogP contribution in [0.15, 0.2) is 53.3 Å². The molecule has 0 aliphatic rings. The van der Waals surface area contributed by atoms with Crippen LogP contribution in [0.5, 0.6) is 0 Å².